The molecule has 0 radical (unpaired) electrons. The quantitative estimate of drug-likeness (QED) is 0.316. The summed E-state index contributed by atoms with van der Waals surface area (Å²) in [7, 11) is 2.13. The summed E-state index contributed by atoms with van der Waals surface area (Å²) in [5, 5.41) is 15.4. The summed E-state index contributed by atoms with van der Waals surface area (Å²) in [6.07, 6.45) is 8.07. The number of aryl methyl sites for hydroxylation is 2. The zero-order chi connectivity index (χ0) is 31.7. The molecule has 0 amide bonds. The number of hydrogen-bond donors (Lipinski definition) is 1. The average Bonchev–Trinajstić information content (AvgIpc) is 3.87. The number of likely N-dealkylation sites (tertiary alicyclic amines) is 1. The van der Waals surface area contributed by atoms with E-state index in [1.807, 2.05) is 6.92 Å². The van der Waals surface area contributed by atoms with Crippen molar-refractivity contribution >= 4 is 27.5 Å². The summed E-state index contributed by atoms with van der Waals surface area (Å²) >= 11 is 1.53. The Kier molecular flexibility index (Phi) is 7.23. The van der Waals surface area contributed by atoms with Crippen molar-refractivity contribution in [3.63, 3.8) is 0 Å². The monoisotopic (exact) mass is 644 g/mol. The predicted molar refractivity (Wildman–Crippen MR) is 173 cm³/mol. The van der Waals surface area contributed by atoms with Gasteiger partial charge in [-0.25, -0.2) is 9.78 Å². The van der Waals surface area contributed by atoms with E-state index in [9.17, 15) is 10.1 Å². The van der Waals surface area contributed by atoms with Crippen LogP contribution in [0.2, 0.25) is 0 Å². The van der Waals surface area contributed by atoms with E-state index in [0.29, 0.717) is 59.0 Å². The Bertz CT molecular complexity index is 1920. The molecule has 4 aliphatic rings. The van der Waals surface area contributed by atoms with Gasteiger partial charge >= 0.3 is 5.69 Å². The second kappa shape index (κ2) is 11.2. The van der Waals surface area contributed by atoms with E-state index in [2.05, 4.69) is 24.9 Å². The van der Waals surface area contributed by atoms with Gasteiger partial charge in [0.2, 0.25) is 17.5 Å². The van der Waals surface area contributed by atoms with E-state index in [4.69, 9.17) is 34.9 Å². The first-order valence-electron chi connectivity index (χ1n) is 16.6. The molecule has 4 aromatic rings. The summed E-state index contributed by atoms with van der Waals surface area (Å²) < 4.78 is 22.1. The fourth-order valence-electron chi connectivity index (χ4n) is 8.69. The lowest BCUT2D eigenvalue weighted by molar-refractivity contribution is 0.118. The topological polar surface area (TPSA) is 150 Å². The third-order valence-corrected chi connectivity index (χ3v) is 11.9. The molecule has 12 nitrogen and oxygen atoms in total. The first kappa shape index (κ1) is 29.7. The zero-order valence-corrected chi connectivity index (χ0v) is 27.5. The molecule has 46 heavy (non-hydrogen) atoms. The lowest BCUT2D eigenvalue weighted by Crippen LogP contribution is -2.38. The minimum absolute atomic E-state index is 0.127. The molecular formula is C33H40N8O4S. The molecule has 2 fully saturated rings. The molecule has 2 N–H and O–H groups in total. The van der Waals surface area contributed by atoms with Crippen molar-refractivity contribution in [1.29, 1.82) is 5.26 Å². The number of nitrogens with zero attached hydrogens (tertiary/aromatic N) is 7. The normalized spacial score (nSPS) is 25.2. The van der Waals surface area contributed by atoms with Crippen LogP contribution in [0, 0.1) is 11.3 Å². The van der Waals surface area contributed by atoms with Gasteiger partial charge in [-0.1, -0.05) is 5.16 Å². The van der Waals surface area contributed by atoms with Crippen molar-refractivity contribution < 1.29 is 14.0 Å². The number of ether oxygens (including phenoxy) is 2. The van der Waals surface area contributed by atoms with E-state index in [0.717, 1.165) is 81.2 Å². The number of hydrogen-bond acceptors (Lipinski definition) is 11. The van der Waals surface area contributed by atoms with Gasteiger partial charge in [-0.3, -0.25) is 14.0 Å². The van der Waals surface area contributed by atoms with Crippen LogP contribution in [0.3, 0.4) is 0 Å². The zero-order valence-electron chi connectivity index (χ0n) is 26.7. The smallest absolute Gasteiger partial charge is 0.330 e. The molecule has 1 spiro atoms. The Hall–Kier alpha value is -3.73. The SMILES string of the molecule is CCn1c(=O)n([C@@H]2CCOC2)c2nc(-c3onc4c3CCC[C@@]43CCCc4sc(N)c(C#N)c43)nc(O[C@@H](C)[C@@H]3CCCN3C)c21. The second-order valence-electron chi connectivity index (χ2n) is 13.3. The molecule has 242 valence electrons. The third kappa shape index (κ3) is 4.29. The highest BCUT2D eigenvalue weighted by Crippen LogP contribution is 2.54. The molecule has 0 unspecified atom stereocenters. The maximum absolute atomic E-state index is 13.9. The van der Waals surface area contributed by atoms with Crippen molar-refractivity contribution in [2.45, 2.75) is 102 Å². The second-order valence-corrected chi connectivity index (χ2v) is 14.5. The molecule has 0 bridgehead atoms. The van der Waals surface area contributed by atoms with E-state index in [1.54, 1.807) is 9.13 Å². The molecule has 4 aromatic heterocycles. The van der Waals surface area contributed by atoms with Crippen LogP contribution < -0.4 is 16.2 Å². The number of anilines is 1. The first-order valence-corrected chi connectivity index (χ1v) is 17.5. The molecule has 2 aliphatic heterocycles. The summed E-state index contributed by atoms with van der Waals surface area (Å²) in [5.74, 6) is 1.26. The number of rotatable bonds is 6. The van der Waals surface area contributed by atoms with Gasteiger partial charge in [0.25, 0.3) is 0 Å². The van der Waals surface area contributed by atoms with Crippen molar-refractivity contribution in [1.82, 2.24) is 29.2 Å². The van der Waals surface area contributed by atoms with Gasteiger partial charge in [-0.05, 0) is 90.8 Å². The van der Waals surface area contributed by atoms with Crippen LogP contribution in [-0.4, -0.2) is 68.1 Å². The lowest BCUT2D eigenvalue weighted by atomic mass is 9.62. The molecule has 0 aromatic carbocycles. The fraction of sp³-hybridized carbons (Fsp3) is 0.606. The van der Waals surface area contributed by atoms with Crippen molar-refractivity contribution in [3.8, 4) is 23.5 Å². The molecule has 8 rings (SSSR count). The van der Waals surface area contributed by atoms with E-state index >= 15 is 0 Å². The molecule has 2 saturated heterocycles. The highest BCUT2D eigenvalue weighted by molar-refractivity contribution is 7.16. The number of imidazole rings is 1. The predicted octanol–water partition coefficient (Wildman–Crippen LogP) is 4.56. The van der Waals surface area contributed by atoms with Crippen LogP contribution in [0.15, 0.2) is 9.32 Å². The third-order valence-electron chi connectivity index (χ3n) is 10.9. The van der Waals surface area contributed by atoms with Gasteiger partial charge in [-0.15, -0.1) is 11.3 Å². The van der Waals surface area contributed by atoms with Gasteiger partial charge < -0.3 is 19.7 Å². The molecule has 4 atom stereocenters. The number of nitriles is 1. The standard InChI is InChI=1S/C33H40N8O4S/c1-4-40-25-30(41(32(40)42)19-11-15-43-17-19)36-29(37-31(25)44-18(2)22-9-7-14-39(22)3)26-20-8-5-12-33(27(20)38-45-26)13-6-10-23-24(33)21(16-34)28(35)46-23/h18-19,22H,4-15,17,35H2,1-3H3/t18-,19+,22-,33-/m0/s1. The van der Waals surface area contributed by atoms with Crippen LogP contribution in [-0.2, 0) is 29.5 Å². The van der Waals surface area contributed by atoms with Crippen molar-refractivity contribution in [2.24, 2.45) is 0 Å². The molecule has 13 heteroatoms. The summed E-state index contributed by atoms with van der Waals surface area (Å²) in [4.78, 5) is 27.6. The maximum atomic E-state index is 13.9. The number of nitrogens with two attached hydrogens (primary N) is 1. The highest BCUT2D eigenvalue weighted by Gasteiger charge is 2.48. The fourth-order valence-corrected chi connectivity index (χ4v) is 9.85. The van der Waals surface area contributed by atoms with E-state index in [-0.39, 0.29) is 23.9 Å². The van der Waals surface area contributed by atoms with Gasteiger partial charge in [0.15, 0.2) is 11.2 Å². The number of thiophene rings is 1. The van der Waals surface area contributed by atoms with Crippen molar-refractivity contribution in [2.75, 3.05) is 32.5 Å². The summed E-state index contributed by atoms with van der Waals surface area (Å²) in [5.41, 5.74) is 10.4. The Morgan fingerprint density at radius 3 is 2.76 bits per heavy atom. The van der Waals surface area contributed by atoms with Crippen LogP contribution in [0.5, 0.6) is 5.88 Å². The number of fused-ring (bicyclic) bond motifs is 5. The van der Waals surface area contributed by atoms with Gasteiger partial charge in [-0.2, -0.15) is 10.2 Å². The highest BCUT2D eigenvalue weighted by atomic mass is 32.1. The minimum Gasteiger partial charge on any atom is -0.471 e. The average molecular weight is 645 g/mol. The van der Waals surface area contributed by atoms with Gasteiger partial charge in [0.05, 0.1) is 23.9 Å². The number of likely N-dealkylation sites (N-methyl/N-ethyl adjacent to an activating group) is 1. The molecular weight excluding hydrogens is 604 g/mol. The molecule has 0 saturated carbocycles. The number of aromatic nitrogens is 5. The molecule has 6 heterocycles. The largest absolute Gasteiger partial charge is 0.471 e. The van der Waals surface area contributed by atoms with Crippen LogP contribution in [0.1, 0.15) is 92.1 Å². The van der Waals surface area contributed by atoms with E-state index < -0.39 is 5.41 Å². The van der Waals surface area contributed by atoms with E-state index in [1.165, 1.54) is 16.2 Å². The van der Waals surface area contributed by atoms with Gasteiger partial charge in [0, 0.05) is 35.0 Å². The van der Waals surface area contributed by atoms with Gasteiger partial charge in [0.1, 0.15) is 17.2 Å². The van der Waals surface area contributed by atoms with Crippen LogP contribution in [0.4, 0.5) is 5.00 Å². The van der Waals surface area contributed by atoms with Crippen molar-refractivity contribution in [3.05, 3.63) is 37.7 Å². The summed E-state index contributed by atoms with van der Waals surface area (Å²) in [6, 6.07) is 2.51. The summed E-state index contributed by atoms with van der Waals surface area (Å²) in [6.45, 7) is 6.57. The Morgan fingerprint density at radius 1 is 1.22 bits per heavy atom. The minimum atomic E-state index is -0.429. The lowest BCUT2D eigenvalue weighted by Gasteiger charge is -2.39. The Morgan fingerprint density at radius 2 is 2.04 bits per heavy atom. The van der Waals surface area contributed by atoms with Crippen LogP contribution >= 0.6 is 11.3 Å². The Balaban J connectivity index is 1.32. The first-order chi connectivity index (χ1) is 22.4. The molecule has 2 aliphatic carbocycles. The van der Waals surface area contributed by atoms with Crippen LogP contribution in [0.25, 0.3) is 22.7 Å². The maximum Gasteiger partial charge on any atom is 0.330 e. The Labute approximate surface area is 271 Å². The number of nitrogen functional groups attached to an aromatic ring is 1.